The van der Waals surface area contributed by atoms with Crippen LogP contribution >= 0.6 is 11.3 Å². The molecule has 82 valence electrons. The number of nitrogens with two attached hydrogens (primary N) is 1. The number of nitrogens with zero attached hydrogens (tertiary/aromatic N) is 4. The molecule has 0 unspecified atom stereocenters. The van der Waals surface area contributed by atoms with Crippen LogP contribution in [0.1, 0.15) is 5.56 Å². The minimum atomic E-state index is 0.228. The standard InChI is InChI=1S/C11H7N5S/c12-5-7-6-16(15-10(7)13)11-14-8-3-1-2-4-9(8)17-11/h1-4,6H,(H2,13,15). The van der Waals surface area contributed by atoms with E-state index in [-0.39, 0.29) is 5.82 Å². The molecule has 0 amide bonds. The molecule has 6 heteroatoms. The van der Waals surface area contributed by atoms with Crippen molar-refractivity contribution in [2.75, 3.05) is 5.73 Å². The van der Waals surface area contributed by atoms with Gasteiger partial charge in [0.25, 0.3) is 0 Å². The Labute approximate surface area is 101 Å². The first kappa shape index (κ1) is 9.81. The molecule has 0 saturated heterocycles. The van der Waals surface area contributed by atoms with Gasteiger partial charge < -0.3 is 5.73 Å². The Morgan fingerprint density at radius 1 is 1.35 bits per heavy atom. The van der Waals surface area contributed by atoms with Gasteiger partial charge in [-0.15, -0.1) is 5.10 Å². The van der Waals surface area contributed by atoms with Gasteiger partial charge in [-0.25, -0.2) is 9.67 Å². The van der Waals surface area contributed by atoms with Crippen LogP contribution in [0.25, 0.3) is 15.3 Å². The Balaban J connectivity index is 2.17. The number of aromatic nitrogens is 3. The Morgan fingerprint density at radius 3 is 2.88 bits per heavy atom. The zero-order valence-corrected chi connectivity index (χ0v) is 9.48. The second-order valence-electron chi connectivity index (χ2n) is 3.45. The molecule has 0 radical (unpaired) electrons. The summed E-state index contributed by atoms with van der Waals surface area (Å²) in [5.41, 5.74) is 6.89. The summed E-state index contributed by atoms with van der Waals surface area (Å²) in [6.45, 7) is 0. The molecule has 0 aliphatic carbocycles. The summed E-state index contributed by atoms with van der Waals surface area (Å²) in [6, 6.07) is 9.82. The smallest absolute Gasteiger partial charge is 0.211 e. The summed E-state index contributed by atoms with van der Waals surface area (Å²) in [4.78, 5) is 4.43. The second-order valence-corrected chi connectivity index (χ2v) is 4.46. The number of hydrogen-bond acceptors (Lipinski definition) is 5. The van der Waals surface area contributed by atoms with E-state index in [2.05, 4.69) is 10.1 Å². The van der Waals surface area contributed by atoms with Gasteiger partial charge in [0, 0.05) is 0 Å². The largest absolute Gasteiger partial charge is 0.381 e. The van der Waals surface area contributed by atoms with Crippen molar-refractivity contribution in [2.45, 2.75) is 0 Å². The summed E-state index contributed by atoms with van der Waals surface area (Å²) in [6.07, 6.45) is 1.59. The van der Waals surface area contributed by atoms with Crippen molar-refractivity contribution in [3.8, 4) is 11.2 Å². The topological polar surface area (TPSA) is 80.5 Å². The van der Waals surface area contributed by atoms with Gasteiger partial charge in [-0.1, -0.05) is 23.5 Å². The van der Waals surface area contributed by atoms with Crippen LogP contribution in [-0.2, 0) is 0 Å². The maximum absolute atomic E-state index is 8.82. The van der Waals surface area contributed by atoms with Crippen LogP contribution in [0.2, 0.25) is 0 Å². The maximum atomic E-state index is 8.82. The summed E-state index contributed by atoms with van der Waals surface area (Å²) in [7, 11) is 0. The number of nitrogen functional groups attached to an aromatic ring is 1. The molecule has 3 aromatic rings. The molecule has 0 atom stereocenters. The molecule has 0 aliphatic heterocycles. The van der Waals surface area contributed by atoms with Crippen LogP contribution in [0, 0.1) is 11.3 Å². The highest BCUT2D eigenvalue weighted by Crippen LogP contribution is 2.24. The van der Waals surface area contributed by atoms with E-state index in [0.717, 1.165) is 10.2 Å². The molecule has 0 spiro atoms. The third-order valence-corrected chi connectivity index (χ3v) is 3.37. The van der Waals surface area contributed by atoms with Gasteiger partial charge in [0.05, 0.1) is 16.4 Å². The van der Waals surface area contributed by atoms with E-state index in [1.54, 1.807) is 10.9 Å². The first-order valence-electron chi connectivity index (χ1n) is 4.89. The highest BCUT2D eigenvalue weighted by Gasteiger charge is 2.10. The minimum absolute atomic E-state index is 0.228. The highest BCUT2D eigenvalue weighted by atomic mass is 32.1. The first-order chi connectivity index (χ1) is 8.28. The number of fused-ring (bicyclic) bond motifs is 1. The molecule has 1 aromatic carbocycles. The number of hydrogen-bond donors (Lipinski definition) is 1. The molecule has 3 rings (SSSR count). The number of para-hydroxylation sites is 1. The fraction of sp³-hybridized carbons (Fsp3) is 0. The molecule has 5 nitrogen and oxygen atoms in total. The Bertz CT molecular complexity index is 701. The average molecular weight is 241 g/mol. The molecule has 17 heavy (non-hydrogen) atoms. The summed E-state index contributed by atoms with van der Waals surface area (Å²) in [5.74, 6) is 0.228. The fourth-order valence-electron chi connectivity index (χ4n) is 1.53. The number of rotatable bonds is 1. The van der Waals surface area contributed by atoms with Gasteiger partial charge in [0.15, 0.2) is 5.82 Å². The number of thiazole rings is 1. The van der Waals surface area contributed by atoms with E-state index in [4.69, 9.17) is 11.0 Å². The predicted molar refractivity (Wildman–Crippen MR) is 65.9 cm³/mol. The molecule has 0 bridgehead atoms. The van der Waals surface area contributed by atoms with Crippen molar-refractivity contribution < 1.29 is 0 Å². The molecule has 2 N–H and O–H groups in total. The Kier molecular flexibility index (Phi) is 2.06. The summed E-state index contributed by atoms with van der Waals surface area (Å²) >= 11 is 1.51. The highest BCUT2D eigenvalue weighted by molar-refractivity contribution is 7.20. The number of anilines is 1. The number of benzene rings is 1. The Morgan fingerprint density at radius 2 is 2.18 bits per heavy atom. The summed E-state index contributed by atoms with van der Waals surface area (Å²) in [5, 5.41) is 13.6. The fourth-order valence-corrected chi connectivity index (χ4v) is 2.42. The lowest BCUT2D eigenvalue weighted by Gasteiger charge is -1.90. The van der Waals surface area contributed by atoms with Crippen LogP contribution in [0.5, 0.6) is 0 Å². The van der Waals surface area contributed by atoms with Crippen LogP contribution in [0.4, 0.5) is 5.82 Å². The lowest BCUT2D eigenvalue weighted by molar-refractivity contribution is 0.878. The molecule has 0 saturated carbocycles. The number of nitriles is 1. The Hall–Kier alpha value is -2.39. The first-order valence-corrected chi connectivity index (χ1v) is 5.71. The average Bonchev–Trinajstić information content (AvgIpc) is 2.91. The van der Waals surface area contributed by atoms with Crippen molar-refractivity contribution in [1.82, 2.24) is 14.8 Å². The molecular weight excluding hydrogens is 234 g/mol. The van der Waals surface area contributed by atoms with Gasteiger partial charge in [0.1, 0.15) is 11.6 Å². The second kappa shape index (κ2) is 3.57. The van der Waals surface area contributed by atoms with Crippen LogP contribution in [0.3, 0.4) is 0 Å². The monoisotopic (exact) mass is 241 g/mol. The van der Waals surface area contributed by atoms with E-state index >= 15 is 0 Å². The molecule has 2 aromatic heterocycles. The van der Waals surface area contributed by atoms with Gasteiger partial charge >= 0.3 is 0 Å². The quantitative estimate of drug-likeness (QED) is 0.706. The summed E-state index contributed by atoms with van der Waals surface area (Å²) < 4.78 is 2.62. The molecule has 2 heterocycles. The third-order valence-electron chi connectivity index (χ3n) is 2.34. The molecule has 0 fully saturated rings. The van der Waals surface area contributed by atoms with Gasteiger partial charge in [-0.2, -0.15) is 5.26 Å². The van der Waals surface area contributed by atoms with E-state index in [1.165, 1.54) is 11.3 Å². The zero-order valence-electron chi connectivity index (χ0n) is 8.66. The maximum Gasteiger partial charge on any atom is 0.211 e. The normalized spacial score (nSPS) is 10.5. The lowest BCUT2D eigenvalue weighted by Crippen LogP contribution is -1.94. The van der Waals surface area contributed by atoms with E-state index < -0.39 is 0 Å². The van der Waals surface area contributed by atoms with E-state index in [0.29, 0.717) is 10.7 Å². The molecular formula is C11H7N5S. The minimum Gasteiger partial charge on any atom is -0.381 e. The van der Waals surface area contributed by atoms with Crippen molar-refractivity contribution in [2.24, 2.45) is 0 Å². The van der Waals surface area contributed by atoms with Gasteiger partial charge in [0.2, 0.25) is 5.13 Å². The van der Waals surface area contributed by atoms with Crippen molar-refractivity contribution >= 4 is 27.4 Å². The van der Waals surface area contributed by atoms with Crippen molar-refractivity contribution in [3.05, 3.63) is 36.0 Å². The van der Waals surface area contributed by atoms with Gasteiger partial charge in [-0.3, -0.25) is 0 Å². The zero-order chi connectivity index (χ0) is 11.8. The van der Waals surface area contributed by atoms with Crippen LogP contribution in [0.15, 0.2) is 30.5 Å². The van der Waals surface area contributed by atoms with E-state index in [9.17, 15) is 0 Å². The molecule has 0 aliphatic rings. The van der Waals surface area contributed by atoms with Crippen LogP contribution in [-0.4, -0.2) is 14.8 Å². The van der Waals surface area contributed by atoms with Crippen LogP contribution < -0.4 is 5.73 Å². The van der Waals surface area contributed by atoms with E-state index in [1.807, 2.05) is 30.3 Å². The SMILES string of the molecule is N#Cc1cn(-c2nc3ccccc3s2)nc1N. The third kappa shape index (κ3) is 1.53. The van der Waals surface area contributed by atoms with Crippen molar-refractivity contribution in [3.63, 3.8) is 0 Å². The predicted octanol–water partition coefficient (Wildman–Crippen LogP) is 1.94. The van der Waals surface area contributed by atoms with Gasteiger partial charge in [-0.05, 0) is 12.1 Å². The van der Waals surface area contributed by atoms with Crippen molar-refractivity contribution in [1.29, 1.82) is 5.26 Å². The lowest BCUT2D eigenvalue weighted by atomic mass is 10.3.